The summed E-state index contributed by atoms with van der Waals surface area (Å²) in [6, 6.07) is 0. The van der Waals surface area contributed by atoms with Crippen molar-refractivity contribution in [2.45, 2.75) is 56.8 Å². The molecular formula is C12H24IN3O3. The van der Waals surface area contributed by atoms with Crippen LogP contribution in [-0.4, -0.2) is 41.9 Å². The molecule has 2 unspecified atom stereocenters. The number of hydrogen-bond acceptors (Lipinski definition) is 6. The van der Waals surface area contributed by atoms with Gasteiger partial charge in [-0.05, 0) is 34.1 Å². The number of esters is 1. The zero-order valence-electron chi connectivity index (χ0n) is 12.0. The van der Waals surface area contributed by atoms with Crippen molar-refractivity contribution in [2.24, 2.45) is 11.5 Å². The summed E-state index contributed by atoms with van der Waals surface area (Å²) < 4.78 is 13.4. The summed E-state index contributed by atoms with van der Waals surface area (Å²) in [5, 5.41) is 0. The molecule has 7 heteroatoms. The number of halogens is 1. The highest BCUT2D eigenvalue weighted by molar-refractivity contribution is 14.1. The monoisotopic (exact) mass is 385 g/mol. The first-order valence-electron chi connectivity index (χ1n) is 6.26. The van der Waals surface area contributed by atoms with Gasteiger partial charge in [-0.25, -0.2) is 8.32 Å². The summed E-state index contributed by atoms with van der Waals surface area (Å²) in [5.74, 6) is -0.386. The quantitative estimate of drug-likeness (QED) is 0.255. The van der Waals surface area contributed by atoms with E-state index in [0.29, 0.717) is 13.0 Å². The molecule has 1 fully saturated rings. The molecule has 1 aliphatic rings. The van der Waals surface area contributed by atoms with E-state index in [-0.39, 0.29) is 18.7 Å². The van der Waals surface area contributed by atoms with Crippen LogP contribution in [0.2, 0.25) is 0 Å². The Hall–Kier alpha value is 0.0400. The third-order valence-corrected chi connectivity index (χ3v) is 4.05. The van der Waals surface area contributed by atoms with Crippen LogP contribution in [0.25, 0.3) is 0 Å². The van der Waals surface area contributed by atoms with Gasteiger partial charge < -0.3 is 20.9 Å². The van der Waals surface area contributed by atoms with E-state index in [1.54, 1.807) is 13.8 Å². The van der Waals surface area contributed by atoms with Gasteiger partial charge in [0.05, 0.1) is 6.61 Å². The van der Waals surface area contributed by atoms with Crippen molar-refractivity contribution < 1.29 is 14.3 Å². The van der Waals surface area contributed by atoms with Crippen LogP contribution in [0.4, 0.5) is 0 Å². The van der Waals surface area contributed by atoms with E-state index in [0.717, 1.165) is 0 Å². The van der Waals surface area contributed by atoms with Gasteiger partial charge in [0.1, 0.15) is 18.2 Å². The first-order valence-corrected chi connectivity index (χ1v) is 7.34. The van der Waals surface area contributed by atoms with Gasteiger partial charge in [0.2, 0.25) is 0 Å². The largest absolute Gasteiger partial charge is 0.461 e. The van der Waals surface area contributed by atoms with Crippen molar-refractivity contribution in [3.8, 4) is 0 Å². The Kier molecular flexibility index (Phi) is 5.22. The molecule has 112 valence electrons. The van der Waals surface area contributed by atoms with Gasteiger partial charge in [-0.1, -0.05) is 0 Å². The Balaban J connectivity index is 2.90. The molecule has 0 bridgehead atoms. The molecule has 1 heterocycles. The lowest BCUT2D eigenvalue weighted by Crippen LogP contribution is -2.70. The van der Waals surface area contributed by atoms with Gasteiger partial charge in [0.25, 0.3) is 0 Å². The highest BCUT2D eigenvalue weighted by atomic mass is 127. The summed E-state index contributed by atoms with van der Waals surface area (Å²) in [7, 11) is 0. The average Bonchev–Trinajstić information content (AvgIpc) is 3.03. The van der Waals surface area contributed by atoms with E-state index in [9.17, 15) is 4.79 Å². The second-order valence-corrected chi connectivity index (χ2v) is 6.98. The first kappa shape index (κ1) is 17.1. The fourth-order valence-electron chi connectivity index (χ4n) is 1.90. The predicted molar refractivity (Wildman–Crippen MR) is 81.7 cm³/mol. The Morgan fingerprint density at radius 1 is 1.42 bits per heavy atom. The molecule has 1 aliphatic heterocycles. The zero-order valence-corrected chi connectivity index (χ0v) is 14.1. The maximum Gasteiger partial charge on any atom is 0.329 e. The number of epoxide rings is 1. The lowest BCUT2D eigenvalue weighted by molar-refractivity contribution is -0.154. The minimum atomic E-state index is -1.04. The molecule has 0 spiro atoms. The van der Waals surface area contributed by atoms with Crippen LogP contribution in [0, 0.1) is 0 Å². The zero-order chi connectivity index (χ0) is 14.9. The summed E-state index contributed by atoms with van der Waals surface area (Å²) in [6.45, 7) is 8.21. The maximum absolute atomic E-state index is 12.5. The predicted octanol–water partition coefficient (Wildman–Crippen LogP) is 0.472. The lowest BCUT2D eigenvalue weighted by atomic mass is 9.73. The summed E-state index contributed by atoms with van der Waals surface area (Å²) >= 11 is 1.94. The summed E-state index contributed by atoms with van der Waals surface area (Å²) in [5.41, 5.74) is 9.86. The second-order valence-electron chi connectivity index (χ2n) is 6.44. The van der Waals surface area contributed by atoms with Crippen molar-refractivity contribution in [3.05, 3.63) is 0 Å². The number of carbonyl (C=O) groups excluding carboxylic acids is 1. The third kappa shape index (κ3) is 4.52. The van der Waals surface area contributed by atoms with Crippen LogP contribution in [0.15, 0.2) is 0 Å². The van der Waals surface area contributed by atoms with Crippen molar-refractivity contribution in [1.82, 2.24) is 3.53 Å². The normalized spacial score (nSPS) is 22.8. The van der Waals surface area contributed by atoms with Gasteiger partial charge in [-0.15, -0.1) is 0 Å². The fourth-order valence-corrected chi connectivity index (χ4v) is 3.00. The number of nitrogens with two attached hydrogens (primary N) is 2. The van der Waals surface area contributed by atoms with E-state index in [4.69, 9.17) is 20.9 Å². The van der Waals surface area contributed by atoms with E-state index >= 15 is 0 Å². The van der Waals surface area contributed by atoms with Crippen LogP contribution in [0.1, 0.15) is 34.1 Å². The maximum atomic E-state index is 12.5. The van der Waals surface area contributed by atoms with Crippen LogP contribution >= 0.6 is 22.9 Å². The molecule has 0 aliphatic carbocycles. The Bertz CT molecular complexity index is 334. The number of hydrogen-bond donors (Lipinski definition) is 3. The van der Waals surface area contributed by atoms with Crippen molar-refractivity contribution in [1.29, 1.82) is 0 Å². The highest BCUT2D eigenvalue weighted by Crippen LogP contribution is 2.31. The van der Waals surface area contributed by atoms with Gasteiger partial charge in [0, 0.05) is 33.9 Å². The Morgan fingerprint density at radius 2 is 1.95 bits per heavy atom. The molecule has 2 atom stereocenters. The third-order valence-electron chi connectivity index (χ3n) is 3.13. The molecule has 0 aromatic carbocycles. The fraction of sp³-hybridized carbons (Fsp3) is 0.917. The van der Waals surface area contributed by atoms with Crippen LogP contribution < -0.4 is 15.0 Å². The molecule has 1 rings (SSSR count). The molecule has 19 heavy (non-hydrogen) atoms. The molecule has 0 aromatic rings. The van der Waals surface area contributed by atoms with Crippen LogP contribution in [-0.2, 0) is 14.3 Å². The van der Waals surface area contributed by atoms with Gasteiger partial charge in [-0.2, -0.15) is 0 Å². The van der Waals surface area contributed by atoms with Gasteiger partial charge >= 0.3 is 5.97 Å². The minimum Gasteiger partial charge on any atom is -0.461 e. The van der Waals surface area contributed by atoms with E-state index in [1.807, 2.05) is 36.7 Å². The van der Waals surface area contributed by atoms with Crippen molar-refractivity contribution in [3.63, 3.8) is 0 Å². The molecule has 1 saturated heterocycles. The van der Waals surface area contributed by atoms with E-state index in [2.05, 4.69) is 3.53 Å². The van der Waals surface area contributed by atoms with Gasteiger partial charge in [0.15, 0.2) is 0 Å². The molecular weight excluding hydrogens is 361 g/mol. The number of rotatable bonds is 7. The smallest absolute Gasteiger partial charge is 0.329 e. The van der Waals surface area contributed by atoms with E-state index in [1.165, 1.54) is 0 Å². The second kappa shape index (κ2) is 5.80. The molecule has 6 nitrogen and oxygen atoms in total. The number of carbonyl (C=O) groups is 1. The number of nitrogens with one attached hydrogen (secondary N) is 1. The molecule has 0 aromatic heterocycles. The minimum absolute atomic E-state index is 0.0302. The van der Waals surface area contributed by atoms with Crippen molar-refractivity contribution in [2.75, 3.05) is 13.2 Å². The first-order chi connectivity index (χ1) is 8.52. The standard InChI is InChI=1S/C12H24IN3O3/c1-10(2,14)7-12(16-13,11(3,4)15)9(17)19-6-8-5-18-8/h8,16H,5-7,14-15H2,1-4H3. The van der Waals surface area contributed by atoms with Gasteiger partial charge in [-0.3, -0.25) is 0 Å². The van der Waals surface area contributed by atoms with Crippen LogP contribution in [0.3, 0.4) is 0 Å². The molecule has 0 amide bonds. The summed E-state index contributed by atoms with van der Waals surface area (Å²) in [4.78, 5) is 12.5. The molecule has 0 radical (unpaired) electrons. The summed E-state index contributed by atoms with van der Waals surface area (Å²) in [6.07, 6.45) is 0.402. The highest BCUT2D eigenvalue weighted by Gasteiger charge is 2.52. The lowest BCUT2D eigenvalue weighted by Gasteiger charge is -2.44. The Morgan fingerprint density at radius 3 is 2.26 bits per heavy atom. The van der Waals surface area contributed by atoms with E-state index < -0.39 is 16.6 Å². The Labute approximate surface area is 128 Å². The topological polar surface area (TPSA) is 103 Å². The van der Waals surface area contributed by atoms with Crippen LogP contribution in [0.5, 0.6) is 0 Å². The SMILES string of the molecule is CC(C)(N)CC(NI)(C(=O)OCC1CO1)C(C)(C)N. The number of ether oxygens (including phenoxy) is 2. The average molecular weight is 385 g/mol. The molecule has 0 saturated carbocycles. The van der Waals surface area contributed by atoms with Crippen molar-refractivity contribution >= 4 is 28.8 Å². The molecule has 5 N–H and O–H groups in total.